The highest BCUT2D eigenvalue weighted by Gasteiger charge is 2.23. The number of H-pyrrole nitrogens is 1. The summed E-state index contributed by atoms with van der Waals surface area (Å²) in [5.41, 5.74) is 2.18. The van der Waals surface area contributed by atoms with Gasteiger partial charge in [-0.15, -0.1) is 0 Å². The number of likely N-dealkylation sites (N-methyl/N-ethyl adjacent to an activating group) is 1. The van der Waals surface area contributed by atoms with Gasteiger partial charge in [-0.3, -0.25) is 14.8 Å². The molecule has 0 saturated carbocycles. The molecular weight excluding hydrogens is 304 g/mol. The molecule has 1 atom stereocenters. The Labute approximate surface area is 142 Å². The number of hydrogen-bond acceptors (Lipinski definition) is 4. The second kappa shape index (κ2) is 7.49. The van der Waals surface area contributed by atoms with E-state index in [4.69, 9.17) is 4.74 Å². The summed E-state index contributed by atoms with van der Waals surface area (Å²) in [6.07, 6.45) is 2.36. The fourth-order valence-corrected chi connectivity index (χ4v) is 3.20. The Kier molecular flexibility index (Phi) is 5.15. The number of nitrogens with one attached hydrogen (secondary N) is 2. The topological polar surface area (TPSA) is 70.2 Å². The minimum atomic E-state index is -0.106. The van der Waals surface area contributed by atoms with Gasteiger partial charge in [0, 0.05) is 18.2 Å². The van der Waals surface area contributed by atoms with Gasteiger partial charge in [-0.2, -0.15) is 5.10 Å². The van der Waals surface area contributed by atoms with Gasteiger partial charge in [0.25, 0.3) is 5.91 Å². The van der Waals surface area contributed by atoms with E-state index in [9.17, 15) is 4.79 Å². The van der Waals surface area contributed by atoms with Crippen LogP contribution in [0, 0.1) is 0 Å². The number of rotatable bonds is 6. The van der Waals surface area contributed by atoms with Crippen LogP contribution in [-0.2, 0) is 0 Å². The Bertz CT molecular complexity index is 681. The lowest BCUT2D eigenvalue weighted by molar-refractivity contribution is 0.0936. The van der Waals surface area contributed by atoms with Crippen LogP contribution in [-0.4, -0.2) is 53.8 Å². The molecule has 1 saturated heterocycles. The van der Waals surface area contributed by atoms with Gasteiger partial charge in [0.15, 0.2) is 0 Å². The van der Waals surface area contributed by atoms with Crippen LogP contribution < -0.4 is 10.1 Å². The second-order valence-electron chi connectivity index (χ2n) is 6.03. The average molecular weight is 328 g/mol. The van der Waals surface area contributed by atoms with Gasteiger partial charge in [0.05, 0.1) is 12.8 Å². The normalized spacial score (nSPS) is 17.8. The van der Waals surface area contributed by atoms with Crippen molar-refractivity contribution < 1.29 is 9.53 Å². The van der Waals surface area contributed by atoms with Crippen molar-refractivity contribution >= 4 is 5.91 Å². The first-order valence-corrected chi connectivity index (χ1v) is 8.43. The van der Waals surface area contributed by atoms with Crippen molar-refractivity contribution in [3.63, 3.8) is 0 Å². The van der Waals surface area contributed by atoms with Crippen LogP contribution in [0.4, 0.5) is 0 Å². The number of aromatic nitrogens is 2. The van der Waals surface area contributed by atoms with Crippen LogP contribution in [0.5, 0.6) is 5.75 Å². The van der Waals surface area contributed by atoms with Gasteiger partial charge < -0.3 is 10.1 Å². The summed E-state index contributed by atoms with van der Waals surface area (Å²) in [7, 11) is 1.63. The molecule has 0 aliphatic carbocycles. The molecule has 128 valence electrons. The van der Waals surface area contributed by atoms with Crippen LogP contribution in [0.25, 0.3) is 11.3 Å². The zero-order valence-corrected chi connectivity index (χ0v) is 14.2. The van der Waals surface area contributed by atoms with E-state index in [1.54, 1.807) is 13.2 Å². The third-order valence-corrected chi connectivity index (χ3v) is 4.61. The highest BCUT2D eigenvalue weighted by Crippen LogP contribution is 2.21. The molecule has 6 nitrogen and oxygen atoms in total. The Balaban J connectivity index is 1.61. The maximum Gasteiger partial charge on any atom is 0.269 e. The molecule has 1 aromatic carbocycles. The zero-order valence-electron chi connectivity index (χ0n) is 14.2. The molecule has 0 radical (unpaired) electrons. The van der Waals surface area contributed by atoms with Crippen LogP contribution in [0.3, 0.4) is 0 Å². The highest BCUT2D eigenvalue weighted by atomic mass is 16.5. The monoisotopic (exact) mass is 328 g/mol. The van der Waals surface area contributed by atoms with Crippen molar-refractivity contribution in [3.05, 3.63) is 36.0 Å². The fourth-order valence-electron chi connectivity index (χ4n) is 3.20. The van der Waals surface area contributed by atoms with E-state index >= 15 is 0 Å². The second-order valence-corrected chi connectivity index (χ2v) is 6.03. The molecule has 0 bridgehead atoms. The van der Waals surface area contributed by atoms with Crippen molar-refractivity contribution in [2.75, 3.05) is 26.7 Å². The quantitative estimate of drug-likeness (QED) is 0.854. The molecule has 2 aromatic rings. The van der Waals surface area contributed by atoms with Gasteiger partial charge >= 0.3 is 0 Å². The first-order valence-electron chi connectivity index (χ1n) is 8.43. The minimum Gasteiger partial charge on any atom is -0.497 e. The summed E-state index contributed by atoms with van der Waals surface area (Å²) in [5.74, 6) is 0.689. The average Bonchev–Trinajstić information content (AvgIpc) is 3.29. The molecule has 1 aliphatic rings. The number of aromatic amines is 1. The maximum atomic E-state index is 12.3. The number of methoxy groups -OCH3 is 1. The molecular formula is C18H24N4O2. The molecule has 2 N–H and O–H groups in total. The number of carbonyl (C=O) groups is 1. The van der Waals surface area contributed by atoms with Crippen LogP contribution in [0.2, 0.25) is 0 Å². The molecule has 0 unspecified atom stereocenters. The molecule has 3 rings (SSSR count). The number of benzene rings is 1. The van der Waals surface area contributed by atoms with E-state index < -0.39 is 0 Å². The van der Waals surface area contributed by atoms with Gasteiger partial charge in [-0.05, 0) is 56.3 Å². The lowest BCUT2D eigenvalue weighted by Crippen LogP contribution is -2.40. The zero-order chi connectivity index (χ0) is 16.9. The smallest absolute Gasteiger partial charge is 0.269 e. The molecule has 1 amide bonds. The number of likely N-dealkylation sites (tertiary alicyclic amines) is 1. The van der Waals surface area contributed by atoms with Gasteiger partial charge in [0.1, 0.15) is 11.4 Å². The number of carbonyl (C=O) groups excluding carboxylic acids is 1. The van der Waals surface area contributed by atoms with Crippen molar-refractivity contribution in [2.24, 2.45) is 0 Å². The SMILES string of the molecule is CCN1CCC[C@H]1CNC(=O)c1cc(-c2ccc(OC)cc2)n[nH]1. The van der Waals surface area contributed by atoms with Gasteiger partial charge in [-0.1, -0.05) is 6.92 Å². The van der Waals surface area contributed by atoms with E-state index in [2.05, 4.69) is 27.3 Å². The van der Waals surface area contributed by atoms with E-state index in [0.717, 1.165) is 36.5 Å². The Morgan fingerprint density at radius 3 is 2.92 bits per heavy atom. The standard InChI is InChI=1S/C18H24N4O2/c1-3-22-10-4-5-14(22)12-19-18(23)17-11-16(20-21-17)13-6-8-15(24-2)9-7-13/h6-9,11,14H,3-5,10,12H2,1-2H3,(H,19,23)(H,20,21)/t14-/m0/s1. The summed E-state index contributed by atoms with van der Waals surface area (Å²) < 4.78 is 5.15. The van der Waals surface area contributed by atoms with Crippen LogP contribution in [0.15, 0.2) is 30.3 Å². The summed E-state index contributed by atoms with van der Waals surface area (Å²) in [6.45, 7) is 5.01. The maximum absolute atomic E-state index is 12.3. The lowest BCUT2D eigenvalue weighted by Gasteiger charge is -2.22. The van der Waals surface area contributed by atoms with Crippen molar-refractivity contribution in [3.8, 4) is 17.0 Å². The summed E-state index contributed by atoms with van der Waals surface area (Å²) >= 11 is 0. The molecule has 2 heterocycles. The third kappa shape index (κ3) is 3.59. The van der Waals surface area contributed by atoms with E-state index in [-0.39, 0.29) is 5.91 Å². The molecule has 24 heavy (non-hydrogen) atoms. The largest absolute Gasteiger partial charge is 0.497 e. The van der Waals surface area contributed by atoms with Crippen LogP contribution in [0.1, 0.15) is 30.3 Å². The minimum absolute atomic E-state index is 0.106. The predicted molar refractivity (Wildman–Crippen MR) is 93.2 cm³/mol. The fraction of sp³-hybridized carbons (Fsp3) is 0.444. The summed E-state index contributed by atoms with van der Waals surface area (Å²) in [4.78, 5) is 14.7. The number of hydrogen-bond donors (Lipinski definition) is 2. The van der Waals surface area contributed by atoms with E-state index in [1.165, 1.54) is 6.42 Å². The number of nitrogens with zero attached hydrogens (tertiary/aromatic N) is 2. The molecule has 6 heteroatoms. The molecule has 0 spiro atoms. The van der Waals surface area contributed by atoms with Crippen molar-refractivity contribution in [1.82, 2.24) is 20.4 Å². The number of ether oxygens (including phenoxy) is 1. The third-order valence-electron chi connectivity index (χ3n) is 4.61. The Morgan fingerprint density at radius 2 is 2.21 bits per heavy atom. The van der Waals surface area contributed by atoms with E-state index in [1.807, 2.05) is 24.3 Å². The molecule has 1 fully saturated rings. The summed E-state index contributed by atoms with van der Waals surface area (Å²) in [5, 5.41) is 10.1. The van der Waals surface area contributed by atoms with Crippen molar-refractivity contribution in [1.29, 1.82) is 0 Å². The first kappa shape index (κ1) is 16.5. The first-order chi connectivity index (χ1) is 11.7. The van der Waals surface area contributed by atoms with Crippen molar-refractivity contribution in [2.45, 2.75) is 25.8 Å². The van der Waals surface area contributed by atoms with Gasteiger partial charge in [-0.25, -0.2) is 0 Å². The molecule has 1 aliphatic heterocycles. The Morgan fingerprint density at radius 1 is 1.42 bits per heavy atom. The number of amides is 1. The predicted octanol–water partition coefficient (Wildman–Crippen LogP) is 2.30. The summed E-state index contributed by atoms with van der Waals surface area (Å²) in [6, 6.07) is 9.83. The van der Waals surface area contributed by atoms with E-state index in [0.29, 0.717) is 18.3 Å². The lowest BCUT2D eigenvalue weighted by atomic mass is 10.1. The van der Waals surface area contributed by atoms with Gasteiger partial charge in [0.2, 0.25) is 0 Å². The highest BCUT2D eigenvalue weighted by molar-refractivity contribution is 5.93. The Hall–Kier alpha value is -2.34. The molecule has 1 aromatic heterocycles. The van der Waals surface area contributed by atoms with Crippen LogP contribution >= 0.6 is 0 Å².